The molecule has 0 spiro atoms. The Kier molecular flexibility index (Phi) is 7.53. The average Bonchev–Trinajstić information content (AvgIpc) is 3.09. The number of aryl methyl sites for hydroxylation is 1. The van der Waals surface area contributed by atoms with E-state index in [1.54, 1.807) is 30.3 Å². The number of hydrogen-bond acceptors (Lipinski definition) is 5. The second-order valence-electron chi connectivity index (χ2n) is 7.74. The first-order chi connectivity index (χ1) is 16.8. The van der Waals surface area contributed by atoms with Gasteiger partial charge in [0.1, 0.15) is 11.6 Å². The number of halogens is 2. The molecule has 1 saturated heterocycles. The largest absolute Gasteiger partial charge is 0.484 e. The molecule has 3 amide bonds. The summed E-state index contributed by atoms with van der Waals surface area (Å²) in [5.74, 6) is -0.916. The summed E-state index contributed by atoms with van der Waals surface area (Å²) in [5, 5.41) is 2.40. The Morgan fingerprint density at radius 1 is 1.09 bits per heavy atom. The lowest BCUT2D eigenvalue weighted by atomic mass is 10.2. The molecule has 6 nitrogen and oxygen atoms in total. The number of ether oxygens (including phenoxy) is 1. The molecule has 1 fully saturated rings. The molecule has 4 rings (SSSR count). The minimum absolute atomic E-state index is 0.0885. The molecule has 0 atom stereocenters. The van der Waals surface area contributed by atoms with Gasteiger partial charge in [-0.15, -0.1) is 0 Å². The van der Waals surface area contributed by atoms with Crippen molar-refractivity contribution < 1.29 is 23.5 Å². The first-order valence-corrected chi connectivity index (χ1v) is 11.8. The summed E-state index contributed by atoms with van der Waals surface area (Å²) >= 11 is 6.80. The van der Waals surface area contributed by atoms with Gasteiger partial charge in [0.05, 0.1) is 11.4 Å². The first kappa shape index (κ1) is 24.5. The van der Waals surface area contributed by atoms with Crippen LogP contribution in [0.2, 0.25) is 5.02 Å². The maximum Gasteiger partial charge on any atom is 0.293 e. The Morgan fingerprint density at radius 3 is 2.49 bits per heavy atom. The van der Waals surface area contributed by atoms with Crippen LogP contribution in [0.25, 0.3) is 6.08 Å². The van der Waals surface area contributed by atoms with Crippen molar-refractivity contribution in [2.75, 3.05) is 11.9 Å². The standard InChI is InChI=1S/C26H20ClFN2O4S/c1-16-5-9-18(10-6-16)29-24(31)15-34-19-11-7-17(8-12-19)13-23-25(32)30(26(33)35-23)14-20-21(27)3-2-4-22(20)28/h2-13H,14-15H2,1H3,(H,29,31). The van der Waals surface area contributed by atoms with Gasteiger partial charge in [0.2, 0.25) is 0 Å². The number of thioether (sulfide) groups is 1. The molecule has 178 valence electrons. The minimum Gasteiger partial charge on any atom is -0.484 e. The molecule has 0 aliphatic carbocycles. The van der Waals surface area contributed by atoms with Crippen molar-refractivity contribution >= 4 is 52.2 Å². The number of rotatable bonds is 7. The molecule has 3 aromatic carbocycles. The third-order valence-electron chi connectivity index (χ3n) is 5.13. The molecular formula is C26H20ClFN2O4S. The Balaban J connectivity index is 1.36. The molecule has 1 heterocycles. The smallest absolute Gasteiger partial charge is 0.293 e. The van der Waals surface area contributed by atoms with Crippen LogP contribution in [0.1, 0.15) is 16.7 Å². The number of nitrogens with one attached hydrogen (secondary N) is 1. The number of benzene rings is 3. The highest BCUT2D eigenvalue weighted by molar-refractivity contribution is 8.18. The van der Waals surface area contributed by atoms with Crippen molar-refractivity contribution in [3.63, 3.8) is 0 Å². The van der Waals surface area contributed by atoms with E-state index in [1.165, 1.54) is 18.2 Å². The fourth-order valence-corrected chi connectivity index (χ4v) is 4.33. The summed E-state index contributed by atoms with van der Waals surface area (Å²) < 4.78 is 19.6. The SMILES string of the molecule is Cc1ccc(NC(=O)COc2ccc(C=C3SC(=O)N(Cc4c(F)cccc4Cl)C3=O)cc2)cc1. The second-order valence-corrected chi connectivity index (χ2v) is 9.14. The lowest BCUT2D eigenvalue weighted by molar-refractivity contribution is -0.123. The van der Waals surface area contributed by atoms with E-state index in [0.29, 0.717) is 17.0 Å². The van der Waals surface area contributed by atoms with E-state index in [4.69, 9.17) is 16.3 Å². The predicted octanol–water partition coefficient (Wildman–Crippen LogP) is 6.04. The second kappa shape index (κ2) is 10.8. The van der Waals surface area contributed by atoms with E-state index >= 15 is 0 Å². The summed E-state index contributed by atoms with van der Waals surface area (Å²) in [6.45, 7) is 1.56. The maximum atomic E-state index is 14.1. The highest BCUT2D eigenvalue weighted by Gasteiger charge is 2.35. The molecule has 1 aliphatic rings. The van der Waals surface area contributed by atoms with Crippen molar-refractivity contribution in [2.24, 2.45) is 0 Å². The number of carbonyl (C=O) groups is 3. The van der Waals surface area contributed by atoms with Crippen LogP contribution in [0.15, 0.2) is 71.6 Å². The average molecular weight is 511 g/mol. The van der Waals surface area contributed by atoms with Gasteiger partial charge in [0, 0.05) is 16.3 Å². The molecule has 0 saturated carbocycles. The number of hydrogen-bond donors (Lipinski definition) is 1. The number of carbonyl (C=O) groups excluding carboxylic acids is 3. The van der Waals surface area contributed by atoms with Gasteiger partial charge in [-0.2, -0.15) is 0 Å². The summed E-state index contributed by atoms with van der Waals surface area (Å²) in [7, 11) is 0. The van der Waals surface area contributed by atoms with Crippen LogP contribution in [-0.2, 0) is 16.1 Å². The van der Waals surface area contributed by atoms with E-state index in [2.05, 4.69) is 5.32 Å². The van der Waals surface area contributed by atoms with Crippen LogP contribution in [0.5, 0.6) is 5.75 Å². The normalized spacial score (nSPS) is 14.5. The van der Waals surface area contributed by atoms with Crippen LogP contribution in [-0.4, -0.2) is 28.6 Å². The Bertz CT molecular complexity index is 1290. The molecule has 0 radical (unpaired) electrons. The summed E-state index contributed by atoms with van der Waals surface area (Å²) in [5.41, 5.74) is 2.53. The molecule has 9 heteroatoms. The van der Waals surface area contributed by atoms with Crippen molar-refractivity contribution in [1.29, 1.82) is 0 Å². The predicted molar refractivity (Wildman–Crippen MR) is 135 cm³/mol. The van der Waals surface area contributed by atoms with Crippen LogP contribution in [0.4, 0.5) is 14.9 Å². The Hall–Kier alpha value is -3.62. The topological polar surface area (TPSA) is 75.7 Å². The van der Waals surface area contributed by atoms with Gasteiger partial charge in [0.25, 0.3) is 17.1 Å². The van der Waals surface area contributed by atoms with Crippen molar-refractivity contribution in [3.05, 3.63) is 99.2 Å². The zero-order chi connectivity index (χ0) is 24.9. The molecule has 35 heavy (non-hydrogen) atoms. The number of anilines is 1. The van der Waals surface area contributed by atoms with Gasteiger partial charge in [-0.25, -0.2) is 4.39 Å². The lowest BCUT2D eigenvalue weighted by Crippen LogP contribution is -2.28. The van der Waals surface area contributed by atoms with E-state index in [-0.39, 0.29) is 34.6 Å². The molecule has 3 aromatic rings. The molecule has 0 bridgehead atoms. The van der Waals surface area contributed by atoms with E-state index in [9.17, 15) is 18.8 Å². The molecule has 1 aliphatic heterocycles. The van der Waals surface area contributed by atoms with Gasteiger partial charge in [-0.1, -0.05) is 47.5 Å². The molecule has 1 N–H and O–H groups in total. The summed E-state index contributed by atoms with van der Waals surface area (Å²) in [4.78, 5) is 38.4. The van der Waals surface area contributed by atoms with Gasteiger partial charge in [-0.05, 0) is 66.7 Å². The highest BCUT2D eigenvalue weighted by Crippen LogP contribution is 2.34. The van der Waals surface area contributed by atoms with Crippen molar-refractivity contribution in [3.8, 4) is 5.75 Å². The zero-order valence-electron chi connectivity index (χ0n) is 18.6. The Morgan fingerprint density at radius 2 is 1.80 bits per heavy atom. The minimum atomic E-state index is -0.580. The lowest BCUT2D eigenvalue weighted by Gasteiger charge is -2.14. The monoisotopic (exact) mass is 510 g/mol. The Labute approximate surface area is 210 Å². The van der Waals surface area contributed by atoms with Crippen molar-refractivity contribution in [1.82, 2.24) is 4.90 Å². The van der Waals surface area contributed by atoms with E-state index < -0.39 is 17.0 Å². The van der Waals surface area contributed by atoms with Crippen molar-refractivity contribution in [2.45, 2.75) is 13.5 Å². The summed E-state index contributed by atoms with van der Waals surface area (Å²) in [6.07, 6.45) is 1.57. The van der Waals surface area contributed by atoms with Crippen LogP contribution < -0.4 is 10.1 Å². The van der Waals surface area contributed by atoms with Crippen LogP contribution in [0.3, 0.4) is 0 Å². The maximum absolute atomic E-state index is 14.1. The molecule has 0 aromatic heterocycles. The number of nitrogens with zero attached hydrogens (tertiary/aromatic N) is 1. The third-order valence-corrected chi connectivity index (χ3v) is 6.40. The van der Waals surface area contributed by atoms with E-state index in [1.807, 2.05) is 31.2 Å². The van der Waals surface area contributed by atoms with E-state index in [0.717, 1.165) is 22.2 Å². The molecule has 0 unspecified atom stereocenters. The quantitative estimate of drug-likeness (QED) is 0.392. The number of imide groups is 1. The van der Waals surface area contributed by atoms with Crippen LogP contribution in [0, 0.1) is 12.7 Å². The zero-order valence-corrected chi connectivity index (χ0v) is 20.2. The van der Waals surface area contributed by atoms with Gasteiger partial charge in [0.15, 0.2) is 6.61 Å². The van der Waals surface area contributed by atoms with Gasteiger partial charge >= 0.3 is 0 Å². The highest BCUT2D eigenvalue weighted by atomic mass is 35.5. The van der Waals surface area contributed by atoms with Crippen LogP contribution >= 0.6 is 23.4 Å². The summed E-state index contributed by atoms with van der Waals surface area (Å²) in [6, 6.07) is 18.4. The number of amides is 3. The fourth-order valence-electron chi connectivity index (χ4n) is 3.27. The van der Waals surface area contributed by atoms with Gasteiger partial charge in [-0.3, -0.25) is 19.3 Å². The van der Waals surface area contributed by atoms with Gasteiger partial charge < -0.3 is 10.1 Å². The molecular weight excluding hydrogens is 491 g/mol. The third kappa shape index (κ3) is 6.09. The fraction of sp³-hybridized carbons (Fsp3) is 0.115. The first-order valence-electron chi connectivity index (χ1n) is 10.6.